The molecule has 0 aliphatic rings. The number of nitrogens with one attached hydrogen (secondary N) is 1. The summed E-state index contributed by atoms with van der Waals surface area (Å²) in [5.41, 5.74) is 0. The van der Waals surface area contributed by atoms with E-state index in [0.717, 1.165) is 22.6 Å². The molecule has 0 saturated carbocycles. The first kappa shape index (κ1) is 13.2. The smallest absolute Gasteiger partial charge is 0.220 e. The first-order valence-corrected chi connectivity index (χ1v) is 7.58. The van der Waals surface area contributed by atoms with E-state index in [1.54, 1.807) is 11.3 Å². The molecular weight excluding hydrogens is 342 g/mol. The Morgan fingerprint density at radius 2 is 2.27 bits per heavy atom. The highest BCUT2D eigenvalue weighted by Crippen LogP contribution is 2.22. The summed E-state index contributed by atoms with van der Waals surface area (Å²) in [7, 11) is 0. The van der Waals surface area contributed by atoms with Crippen molar-refractivity contribution < 1.29 is 4.79 Å². The molecule has 84 valence electrons. The molecule has 5 heteroatoms. The fraction of sp³-hybridized carbons (Fsp3) is 0.500. The van der Waals surface area contributed by atoms with Crippen molar-refractivity contribution in [2.75, 3.05) is 5.33 Å². The molecule has 1 amide bonds. The van der Waals surface area contributed by atoms with Crippen molar-refractivity contribution in [2.45, 2.75) is 25.8 Å². The SMILES string of the molecule is O=C(CCCCBr)NCc1sccc1Br. The van der Waals surface area contributed by atoms with Gasteiger partial charge < -0.3 is 5.32 Å². The lowest BCUT2D eigenvalue weighted by molar-refractivity contribution is -0.121. The Morgan fingerprint density at radius 3 is 2.87 bits per heavy atom. The van der Waals surface area contributed by atoms with E-state index in [4.69, 9.17) is 0 Å². The Morgan fingerprint density at radius 1 is 1.47 bits per heavy atom. The maximum Gasteiger partial charge on any atom is 0.220 e. The van der Waals surface area contributed by atoms with E-state index in [1.807, 2.05) is 11.4 Å². The van der Waals surface area contributed by atoms with E-state index >= 15 is 0 Å². The molecule has 0 aliphatic heterocycles. The lowest BCUT2D eigenvalue weighted by Gasteiger charge is -2.03. The van der Waals surface area contributed by atoms with Gasteiger partial charge in [-0.05, 0) is 40.2 Å². The maximum absolute atomic E-state index is 11.4. The van der Waals surface area contributed by atoms with Crippen LogP contribution in [0.15, 0.2) is 15.9 Å². The number of hydrogen-bond donors (Lipinski definition) is 1. The first-order chi connectivity index (χ1) is 7.24. The molecule has 0 unspecified atom stereocenters. The lowest BCUT2D eigenvalue weighted by atomic mass is 10.2. The number of alkyl halides is 1. The Bertz CT molecular complexity index is 314. The minimum Gasteiger partial charge on any atom is -0.351 e. The second-order valence-electron chi connectivity index (χ2n) is 3.11. The van der Waals surface area contributed by atoms with Crippen molar-refractivity contribution >= 4 is 49.1 Å². The normalized spacial score (nSPS) is 10.3. The predicted octanol–water partition coefficient (Wildman–Crippen LogP) is 3.69. The van der Waals surface area contributed by atoms with Crippen molar-refractivity contribution in [3.63, 3.8) is 0 Å². The average Bonchev–Trinajstić information content (AvgIpc) is 2.61. The third kappa shape index (κ3) is 5.13. The van der Waals surface area contributed by atoms with Gasteiger partial charge in [-0.15, -0.1) is 11.3 Å². The fourth-order valence-electron chi connectivity index (χ4n) is 1.10. The van der Waals surface area contributed by atoms with Crippen LogP contribution in [0.5, 0.6) is 0 Å². The summed E-state index contributed by atoms with van der Waals surface area (Å²) in [6.45, 7) is 0.630. The van der Waals surface area contributed by atoms with Gasteiger partial charge in [0.25, 0.3) is 0 Å². The third-order valence-electron chi connectivity index (χ3n) is 1.92. The number of carbonyl (C=O) groups excluding carboxylic acids is 1. The van der Waals surface area contributed by atoms with E-state index in [2.05, 4.69) is 37.2 Å². The third-order valence-corrected chi connectivity index (χ3v) is 4.41. The van der Waals surface area contributed by atoms with Crippen LogP contribution in [0.1, 0.15) is 24.1 Å². The largest absolute Gasteiger partial charge is 0.351 e. The van der Waals surface area contributed by atoms with Gasteiger partial charge in [-0.1, -0.05) is 15.9 Å². The summed E-state index contributed by atoms with van der Waals surface area (Å²) in [6, 6.07) is 2.00. The lowest BCUT2D eigenvalue weighted by Crippen LogP contribution is -2.21. The molecule has 0 saturated heterocycles. The fourth-order valence-corrected chi connectivity index (χ4v) is 2.93. The molecular formula is C10H13Br2NOS. The number of hydrogen-bond acceptors (Lipinski definition) is 2. The maximum atomic E-state index is 11.4. The average molecular weight is 355 g/mol. The Labute approximate surface area is 111 Å². The molecule has 0 aromatic carbocycles. The second kappa shape index (κ2) is 7.41. The highest BCUT2D eigenvalue weighted by Gasteiger charge is 2.04. The minimum absolute atomic E-state index is 0.135. The quantitative estimate of drug-likeness (QED) is 0.612. The van der Waals surface area contributed by atoms with Crippen LogP contribution >= 0.6 is 43.2 Å². The highest BCUT2D eigenvalue weighted by atomic mass is 79.9. The van der Waals surface area contributed by atoms with E-state index < -0.39 is 0 Å². The number of rotatable bonds is 6. The topological polar surface area (TPSA) is 29.1 Å². The van der Waals surface area contributed by atoms with Crippen LogP contribution < -0.4 is 5.32 Å². The molecule has 0 radical (unpaired) electrons. The van der Waals surface area contributed by atoms with Gasteiger partial charge in [-0.25, -0.2) is 0 Å². The summed E-state index contributed by atoms with van der Waals surface area (Å²) in [5.74, 6) is 0.135. The van der Waals surface area contributed by atoms with Gasteiger partial charge in [0, 0.05) is 21.1 Å². The molecule has 1 N–H and O–H groups in total. The van der Waals surface area contributed by atoms with E-state index in [9.17, 15) is 4.79 Å². The standard InChI is InChI=1S/C10H13Br2NOS/c11-5-2-1-3-10(14)13-7-9-8(12)4-6-15-9/h4,6H,1-3,5,7H2,(H,13,14). The van der Waals surface area contributed by atoms with E-state index in [0.29, 0.717) is 13.0 Å². The van der Waals surface area contributed by atoms with Crippen molar-refractivity contribution in [1.82, 2.24) is 5.32 Å². The van der Waals surface area contributed by atoms with Crippen LogP contribution in [0.3, 0.4) is 0 Å². The number of amides is 1. The van der Waals surface area contributed by atoms with Crippen molar-refractivity contribution in [3.05, 3.63) is 20.8 Å². The van der Waals surface area contributed by atoms with Gasteiger partial charge in [0.05, 0.1) is 6.54 Å². The zero-order chi connectivity index (χ0) is 11.1. The monoisotopic (exact) mass is 353 g/mol. The van der Waals surface area contributed by atoms with E-state index in [-0.39, 0.29) is 5.91 Å². The highest BCUT2D eigenvalue weighted by molar-refractivity contribution is 9.10. The van der Waals surface area contributed by atoms with Gasteiger partial charge in [-0.3, -0.25) is 4.79 Å². The predicted molar refractivity (Wildman–Crippen MR) is 71.5 cm³/mol. The first-order valence-electron chi connectivity index (χ1n) is 4.78. The van der Waals surface area contributed by atoms with Crippen LogP contribution in [-0.2, 0) is 11.3 Å². The number of thiophene rings is 1. The van der Waals surface area contributed by atoms with Gasteiger partial charge in [0.2, 0.25) is 5.91 Å². The van der Waals surface area contributed by atoms with Crippen LogP contribution in [-0.4, -0.2) is 11.2 Å². The molecule has 1 heterocycles. The molecule has 1 aromatic heterocycles. The summed E-state index contributed by atoms with van der Waals surface area (Å²) in [6.07, 6.45) is 2.62. The second-order valence-corrected chi connectivity index (χ2v) is 5.76. The zero-order valence-corrected chi connectivity index (χ0v) is 12.3. The van der Waals surface area contributed by atoms with E-state index in [1.165, 1.54) is 4.88 Å². The van der Waals surface area contributed by atoms with Crippen molar-refractivity contribution in [1.29, 1.82) is 0 Å². The Kier molecular flexibility index (Phi) is 6.52. The van der Waals surface area contributed by atoms with Crippen LogP contribution in [0.25, 0.3) is 0 Å². The molecule has 0 aliphatic carbocycles. The Balaban J connectivity index is 2.20. The van der Waals surface area contributed by atoms with Gasteiger partial charge in [-0.2, -0.15) is 0 Å². The number of carbonyl (C=O) groups is 1. The summed E-state index contributed by atoms with van der Waals surface area (Å²) in [5, 5.41) is 5.89. The molecule has 1 rings (SSSR count). The molecule has 0 spiro atoms. The molecule has 0 fully saturated rings. The van der Waals surface area contributed by atoms with Crippen LogP contribution in [0.2, 0.25) is 0 Å². The van der Waals surface area contributed by atoms with Crippen LogP contribution in [0.4, 0.5) is 0 Å². The van der Waals surface area contributed by atoms with Crippen molar-refractivity contribution in [2.24, 2.45) is 0 Å². The van der Waals surface area contributed by atoms with Crippen LogP contribution in [0, 0.1) is 0 Å². The molecule has 1 aromatic rings. The number of halogens is 2. The summed E-state index contributed by atoms with van der Waals surface area (Å²) in [4.78, 5) is 12.6. The van der Waals surface area contributed by atoms with Gasteiger partial charge in [0.1, 0.15) is 0 Å². The zero-order valence-electron chi connectivity index (χ0n) is 8.26. The molecule has 15 heavy (non-hydrogen) atoms. The summed E-state index contributed by atoms with van der Waals surface area (Å²) < 4.78 is 1.08. The Hall–Kier alpha value is 0.130. The van der Waals surface area contributed by atoms with Crippen molar-refractivity contribution in [3.8, 4) is 0 Å². The molecule has 0 atom stereocenters. The minimum atomic E-state index is 0.135. The molecule has 2 nitrogen and oxygen atoms in total. The van der Waals surface area contributed by atoms with Gasteiger partial charge in [0.15, 0.2) is 0 Å². The summed E-state index contributed by atoms with van der Waals surface area (Å²) >= 11 is 8.43. The van der Waals surface area contributed by atoms with Gasteiger partial charge >= 0.3 is 0 Å². The number of unbranched alkanes of at least 4 members (excludes halogenated alkanes) is 1. The molecule has 0 bridgehead atoms.